The molecular formula is C21H27N3O5. The second kappa shape index (κ2) is 9.07. The Morgan fingerprint density at radius 3 is 2.59 bits per heavy atom. The van der Waals surface area contributed by atoms with Gasteiger partial charge in [0.15, 0.2) is 6.61 Å². The lowest BCUT2D eigenvalue weighted by Gasteiger charge is -2.25. The highest BCUT2D eigenvalue weighted by atomic mass is 16.5. The number of ether oxygens (including phenoxy) is 1. The van der Waals surface area contributed by atoms with Crippen molar-refractivity contribution < 1.29 is 23.9 Å². The molecule has 0 spiro atoms. The van der Waals surface area contributed by atoms with Crippen molar-refractivity contribution in [2.24, 2.45) is 5.92 Å². The van der Waals surface area contributed by atoms with Gasteiger partial charge in [0.25, 0.3) is 5.91 Å². The van der Waals surface area contributed by atoms with E-state index >= 15 is 0 Å². The Morgan fingerprint density at radius 2 is 1.93 bits per heavy atom. The zero-order valence-electron chi connectivity index (χ0n) is 16.8. The number of likely N-dealkylation sites (N-methyl/N-ethyl adjacent to an activating group) is 1. The number of likely N-dealkylation sites (tertiary alicyclic amines) is 1. The Balaban J connectivity index is 1.45. The van der Waals surface area contributed by atoms with E-state index in [1.807, 2.05) is 37.3 Å². The molecule has 1 N–H and O–H groups in total. The molecule has 2 aliphatic rings. The fourth-order valence-electron chi connectivity index (χ4n) is 3.34. The van der Waals surface area contributed by atoms with E-state index in [-0.39, 0.29) is 43.4 Å². The van der Waals surface area contributed by atoms with Gasteiger partial charge in [0.05, 0.1) is 18.5 Å². The van der Waals surface area contributed by atoms with Gasteiger partial charge in [-0.15, -0.1) is 0 Å². The standard InChI is InChI=1S/C21H27N3O5/c1-14(15-6-4-3-5-7-15)24-11-16(10-19(24)26)21(28)29-13-20(27)23(2)12-18(25)22-17-8-9-17/h3-7,14,16-17H,8-13H2,1-2H3,(H,22,25)/t14-,16+/m0/s1. The molecule has 156 valence electrons. The summed E-state index contributed by atoms with van der Waals surface area (Å²) in [6.45, 7) is 1.68. The predicted molar refractivity (Wildman–Crippen MR) is 104 cm³/mol. The van der Waals surface area contributed by atoms with Crippen LogP contribution in [-0.2, 0) is 23.9 Å². The quantitative estimate of drug-likeness (QED) is 0.653. The minimum Gasteiger partial charge on any atom is -0.455 e. The van der Waals surface area contributed by atoms with Crippen LogP contribution in [0.2, 0.25) is 0 Å². The molecule has 1 heterocycles. The molecule has 29 heavy (non-hydrogen) atoms. The van der Waals surface area contributed by atoms with E-state index in [1.54, 1.807) is 4.90 Å². The molecule has 3 amide bonds. The summed E-state index contributed by atoms with van der Waals surface area (Å²) in [4.78, 5) is 51.5. The van der Waals surface area contributed by atoms with E-state index < -0.39 is 24.4 Å². The van der Waals surface area contributed by atoms with Gasteiger partial charge in [0.2, 0.25) is 11.8 Å². The van der Waals surface area contributed by atoms with Gasteiger partial charge in [0, 0.05) is 26.1 Å². The van der Waals surface area contributed by atoms with Gasteiger partial charge in [-0.25, -0.2) is 0 Å². The maximum atomic E-state index is 12.4. The highest BCUT2D eigenvalue weighted by Gasteiger charge is 2.38. The first-order valence-electron chi connectivity index (χ1n) is 9.89. The number of hydrogen-bond acceptors (Lipinski definition) is 5. The molecule has 0 aromatic heterocycles. The van der Waals surface area contributed by atoms with Crippen LogP contribution < -0.4 is 5.32 Å². The minimum absolute atomic E-state index is 0.0723. The summed E-state index contributed by atoms with van der Waals surface area (Å²) in [6, 6.07) is 9.70. The summed E-state index contributed by atoms with van der Waals surface area (Å²) in [5, 5.41) is 2.80. The Hall–Kier alpha value is -2.90. The molecule has 3 rings (SSSR count). The smallest absolute Gasteiger partial charge is 0.311 e. The Bertz CT molecular complexity index is 778. The molecule has 1 aromatic carbocycles. The Morgan fingerprint density at radius 1 is 1.24 bits per heavy atom. The lowest BCUT2D eigenvalue weighted by molar-refractivity contribution is -0.155. The first-order chi connectivity index (χ1) is 13.8. The summed E-state index contributed by atoms with van der Waals surface area (Å²) in [7, 11) is 1.49. The van der Waals surface area contributed by atoms with Crippen LogP contribution in [-0.4, -0.2) is 66.3 Å². The van der Waals surface area contributed by atoms with Crippen molar-refractivity contribution in [3.05, 3.63) is 35.9 Å². The van der Waals surface area contributed by atoms with Crippen molar-refractivity contribution in [2.75, 3.05) is 26.7 Å². The van der Waals surface area contributed by atoms with Gasteiger partial charge in [-0.05, 0) is 25.3 Å². The predicted octanol–water partition coefficient (Wildman–Crippen LogP) is 0.876. The van der Waals surface area contributed by atoms with Gasteiger partial charge in [-0.3, -0.25) is 19.2 Å². The van der Waals surface area contributed by atoms with Gasteiger partial charge in [-0.1, -0.05) is 30.3 Å². The van der Waals surface area contributed by atoms with Gasteiger partial charge in [0.1, 0.15) is 0 Å². The number of nitrogens with one attached hydrogen (secondary N) is 1. The molecule has 8 nitrogen and oxygen atoms in total. The summed E-state index contributed by atoms with van der Waals surface area (Å²) in [6.07, 6.45) is 2.02. The second-order valence-corrected chi connectivity index (χ2v) is 7.73. The molecule has 1 aliphatic carbocycles. The van der Waals surface area contributed by atoms with E-state index in [2.05, 4.69) is 5.32 Å². The number of nitrogens with zero attached hydrogens (tertiary/aromatic N) is 2. The number of carbonyl (C=O) groups excluding carboxylic acids is 4. The first-order valence-corrected chi connectivity index (χ1v) is 9.89. The van der Waals surface area contributed by atoms with Crippen LogP contribution in [0.1, 0.15) is 37.8 Å². The highest BCUT2D eigenvalue weighted by molar-refractivity contribution is 5.89. The van der Waals surface area contributed by atoms with Crippen LogP contribution in [0.4, 0.5) is 0 Å². The first kappa shape index (κ1) is 20.8. The van der Waals surface area contributed by atoms with Gasteiger partial charge < -0.3 is 19.9 Å². The van der Waals surface area contributed by atoms with E-state index in [9.17, 15) is 19.2 Å². The zero-order valence-corrected chi connectivity index (χ0v) is 16.8. The van der Waals surface area contributed by atoms with Crippen molar-refractivity contribution in [1.82, 2.24) is 15.1 Å². The molecule has 0 unspecified atom stereocenters. The van der Waals surface area contributed by atoms with Crippen LogP contribution in [0, 0.1) is 5.92 Å². The molecule has 1 saturated carbocycles. The lowest BCUT2D eigenvalue weighted by Crippen LogP contribution is -2.41. The van der Waals surface area contributed by atoms with Crippen molar-refractivity contribution in [1.29, 1.82) is 0 Å². The molecule has 2 atom stereocenters. The van der Waals surface area contributed by atoms with Gasteiger partial charge >= 0.3 is 5.97 Å². The fourth-order valence-corrected chi connectivity index (χ4v) is 3.34. The third-order valence-electron chi connectivity index (χ3n) is 5.33. The maximum absolute atomic E-state index is 12.4. The monoisotopic (exact) mass is 401 g/mol. The molecule has 0 radical (unpaired) electrons. The van der Waals surface area contributed by atoms with Crippen molar-refractivity contribution in [3.63, 3.8) is 0 Å². The van der Waals surface area contributed by atoms with Gasteiger partial charge in [-0.2, -0.15) is 0 Å². The maximum Gasteiger partial charge on any atom is 0.311 e. The van der Waals surface area contributed by atoms with E-state index in [4.69, 9.17) is 4.74 Å². The highest BCUT2D eigenvalue weighted by Crippen LogP contribution is 2.29. The third-order valence-corrected chi connectivity index (χ3v) is 5.33. The van der Waals surface area contributed by atoms with Crippen LogP contribution in [0.5, 0.6) is 0 Å². The molecule has 1 aromatic rings. The SMILES string of the molecule is C[C@@H](c1ccccc1)N1C[C@H](C(=O)OCC(=O)N(C)CC(=O)NC2CC2)CC1=O. The number of carbonyl (C=O) groups is 4. The summed E-state index contributed by atoms with van der Waals surface area (Å²) in [5.41, 5.74) is 0.996. The molecule has 8 heteroatoms. The summed E-state index contributed by atoms with van der Waals surface area (Å²) >= 11 is 0. The summed E-state index contributed by atoms with van der Waals surface area (Å²) < 4.78 is 5.13. The van der Waals surface area contributed by atoms with Crippen LogP contribution in [0.25, 0.3) is 0 Å². The molecule has 1 saturated heterocycles. The van der Waals surface area contributed by atoms with Crippen molar-refractivity contribution in [2.45, 2.75) is 38.3 Å². The van der Waals surface area contributed by atoms with Crippen molar-refractivity contribution in [3.8, 4) is 0 Å². The van der Waals surface area contributed by atoms with Crippen LogP contribution >= 0.6 is 0 Å². The number of rotatable bonds is 8. The minimum atomic E-state index is -0.593. The Kier molecular flexibility index (Phi) is 6.51. The largest absolute Gasteiger partial charge is 0.455 e. The van der Waals surface area contributed by atoms with E-state index in [1.165, 1.54) is 11.9 Å². The molecule has 2 fully saturated rings. The van der Waals surface area contributed by atoms with Crippen molar-refractivity contribution >= 4 is 23.7 Å². The average molecular weight is 401 g/mol. The topological polar surface area (TPSA) is 96.0 Å². The number of amides is 3. The number of benzene rings is 1. The zero-order chi connectivity index (χ0) is 21.0. The van der Waals surface area contributed by atoms with E-state index in [0.717, 1.165) is 18.4 Å². The summed E-state index contributed by atoms with van der Waals surface area (Å²) in [5.74, 6) is -1.94. The average Bonchev–Trinajstić information content (AvgIpc) is 3.43. The molecular weight excluding hydrogens is 374 g/mol. The molecule has 0 bridgehead atoms. The van der Waals surface area contributed by atoms with E-state index in [0.29, 0.717) is 0 Å². The van der Waals surface area contributed by atoms with Crippen LogP contribution in [0.3, 0.4) is 0 Å². The lowest BCUT2D eigenvalue weighted by atomic mass is 10.1. The normalized spacial score (nSPS) is 19.6. The number of esters is 1. The van der Waals surface area contributed by atoms with Crippen LogP contribution in [0.15, 0.2) is 30.3 Å². The number of hydrogen-bond donors (Lipinski definition) is 1. The fraction of sp³-hybridized carbons (Fsp3) is 0.524. The molecule has 1 aliphatic heterocycles. The Labute approximate surface area is 170 Å². The second-order valence-electron chi connectivity index (χ2n) is 7.73. The third kappa shape index (κ3) is 5.56.